The van der Waals surface area contributed by atoms with Gasteiger partial charge in [-0.1, -0.05) is 43.4 Å². The maximum absolute atomic E-state index is 14.5. The fraction of sp³-hybridized carbons (Fsp3) is 0.200. The fourth-order valence-electron chi connectivity index (χ4n) is 7.12. The van der Waals surface area contributed by atoms with Gasteiger partial charge in [-0.15, -0.1) is 0 Å². The van der Waals surface area contributed by atoms with Crippen LogP contribution in [0.1, 0.15) is 46.5 Å². The van der Waals surface area contributed by atoms with Crippen molar-refractivity contribution in [2.24, 2.45) is 11.8 Å². The van der Waals surface area contributed by atoms with Gasteiger partial charge in [-0.2, -0.15) is 26.8 Å². The van der Waals surface area contributed by atoms with E-state index in [1.54, 1.807) is 56.3 Å². The number of hydrogen-bond acceptors (Lipinski definition) is 12. The Morgan fingerprint density at radius 2 is 1.62 bits per heavy atom. The monoisotopic (exact) mass is 742 g/mol. The molecule has 3 atom stereocenters. The Labute approximate surface area is 296 Å². The highest BCUT2D eigenvalue weighted by Gasteiger charge is 2.45. The van der Waals surface area contributed by atoms with Gasteiger partial charge in [0.1, 0.15) is 16.6 Å². The van der Waals surface area contributed by atoms with E-state index >= 15 is 0 Å². The zero-order chi connectivity index (χ0) is 37.3. The molecule has 0 bridgehead atoms. The number of nitrogens with one attached hydrogen (secondary N) is 3. The Morgan fingerprint density at radius 1 is 0.923 bits per heavy atom. The molecule has 2 aromatic carbocycles. The van der Waals surface area contributed by atoms with Gasteiger partial charge in [0.15, 0.2) is 11.6 Å². The average molecular weight is 743 g/mol. The quantitative estimate of drug-likeness (QED) is 0.129. The van der Waals surface area contributed by atoms with Crippen molar-refractivity contribution in [3.63, 3.8) is 0 Å². The Morgan fingerprint density at radius 3 is 2.31 bits per heavy atom. The van der Waals surface area contributed by atoms with E-state index in [0.29, 0.717) is 29.0 Å². The third kappa shape index (κ3) is 6.06. The molecule has 0 fully saturated rings. The molecule has 5 N–H and O–H groups in total. The first-order valence-electron chi connectivity index (χ1n) is 15.9. The van der Waals surface area contributed by atoms with Crippen molar-refractivity contribution < 1.29 is 35.5 Å². The third-order valence-electron chi connectivity index (χ3n) is 9.18. The maximum Gasteiger partial charge on any atom is 0.294 e. The summed E-state index contributed by atoms with van der Waals surface area (Å²) in [6.07, 6.45) is 5.18. The van der Waals surface area contributed by atoms with Crippen LogP contribution < -0.4 is 26.8 Å². The number of pyridine rings is 1. The second-order valence-electron chi connectivity index (χ2n) is 12.6. The summed E-state index contributed by atoms with van der Waals surface area (Å²) in [4.78, 5) is 56.7. The van der Waals surface area contributed by atoms with Crippen LogP contribution in [0.2, 0.25) is 0 Å². The summed E-state index contributed by atoms with van der Waals surface area (Å²) in [7, 11) is -9.76. The number of carbonyl (C=O) groups is 2. The Hall–Kier alpha value is -5.62. The van der Waals surface area contributed by atoms with E-state index < -0.39 is 64.8 Å². The lowest BCUT2D eigenvalue weighted by Gasteiger charge is -2.37. The number of ketones is 2. The van der Waals surface area contributed by atoms with Crippen LogP contribution in [0.25, 0.3) is 16.1 Å². The normalized spacial score (nSPS) is 19.4. The van der Waals surface area contributed by atoms with Crippen molar-refractivity contribution in [1.29, 1.82) is 0 Å². The molecule has 266 valence electrons. The maximum atomic E-state index is 14.5. The SMILES string of the molecule is Cc1nc(C)nc(Nc2cccc(NC3C4=c5c(c(C(=O)c6cccc(S(=O)(=O)O)c6)c(=O)[nH]c5=C(S(=O)(=O)O)C3C)C3=CC=CCC3C4=O)c2)n1. The highest BCUT2D eigenvalue weighted by molar-refractivity contribution is 7.95. The summed E-state index contributed by atoms with van der Waals surface area (Å²) in [5, 5.41) is 6.00. The van der Waals surface area contributed by atoms with Crippen LogP contribution in [0.4, 0.5) is 17.3 Å². The lowest BCUT2D eigenvalue weighted by atomic mass is 9.70. The number of anilines is 3. The van der Waals surface area contributed by atoms with Gasteiger partial charge in [0.05, 0.1) is 27.8 Å². The van der Waals surface area contributed by atoms with Crippen molar-refractivity contribution in [1.82, 2.24) is 19.9 Å². The van der Waals surface area contributed by atoms with Crippen molar-refractivity contribution >= 4 is 65.2 Å². The van der Waals surface area contributed by atoms with Crippen molar-refractivity contribution in [2.75, 3.05) is 10.6 Å². The first-order valence-corrected chi connectivity index (χ1v) is 18.8. The first kappa shape index (κ1) is 34.8. The minimum Gasteiger partial charge on any atom is -0.377 e. The minimum absolute atomic E-state index is 0.0131. The summed E-state index contributed by atoms with van der Waals surface area (Å²) >= 11 is 0. The summed E-state index contributed by atoms with van der Waals surface area (Å²) in [5.74, 6) is -2.00. The largest absolute Gasteiger partial charge is 0.377 e. The summed E-state index contributed by atoms with van der Waals surface area (Å²) in [6.45, 7) is 4.94. The van der Waals surface area contributed by atoms with Gasteiger partial charge >= 0.3 is 0 Å². The zero-order valence-corrected chi connectivity index (χ0v) is 29.3. The molecule has 0 radical (unpaired) electrons. The smallest absolute Gasteiger partial charge is 0.294 e. The molecule has 0 amide bonds. The molecule has 3 aliphatic rings. The van der Waals surface area contributed by atoms with Crippen LogP contribution in [-0.2, 0) is 25.0 Å². The fourth-order valence-corrected chi connectivity index (χ4v) is 8.66. The Balaban J connectivity index is 1.48. The molecule has 2 aromatic heterocycles. The van der Waals surface area contributed by atoms with Gasteiger partial charge in [-0.05, 0) is 56.2 Å². The lowest BCUT2D eigenvalue weighted by molar-refractivity contribution is -0.116. The van der Waals surface area contributed by atoms with Crippen LogP contribution >= 0.6 is 0 Å². The lowest BCUT2D eigenvalue weighted by Crippen LogP contribution is -2.56. The molecule has 4 aromatic rings. The number of H-pyrrole nitrogens is 1. The molecule has 0 spiro atoms. The van der Waals surface area contributed by atoms with Crippen LogP contribution in [-0.4, -0.2) is 63.5 Å². The molecule has 17 heteroatoms. The molecular weight excluding hydrogens is 713 g/mol. The van der Waals surface area contributed by atoms with Gasteiger partial charge in [-0.3, -0.25) is 23.5 Å². The van der Waals surface area contributed by atoms with E-state index in [9.17, 15) is 40.3 Å². The van der Waals surface area contributed by atoms with E-state index in [4.69, 9.17) is 0 Å². The number of fused-ring (bicyclic) bond motifs is 2. The molecule has 15 nitrogen and oxygen atoms in total. The number of rotatable bonds is 8. The number of aromatic amines is 1. The number of benzene rings is 2. The number of carbonyl (C=O) groups excluding carboxylic acids is 2. The highest BCUT2D eigenvalue weighted by atomic mass is 32.2. The number of aryl methyl sites for hydroxylation is 2. The molecule has 7 rings (SSSR count). The molecule has 0 aliphatic heterocycles. The van der Waals surface area contributed by atoms with Crippen LogP contribution in [0.15, 0.2) is 76.4 Å². The minimum atomic E-state index is -5.03. The first-order chi connectivity index (χ1) is 24.5. The van der Waals surface area contributed by atoms with E-state index in [-0.39, 0.29) is 45.0 Å². The van der Waals surface area contributed by atoms with Crippen LogP contribution in [0, 0.1) is 25.7 Å². The number of aromatic nitrogens is 4. The number of allylic oxidation sites excluding steroid dienone is 4. The van der Waals surface area contributed by atoms with E-state index in [2.05, 4.69) is 30.6 Å². The predicted molar refractivity (Wildman–Crippen MR) is 190 cm³/mol. The Kier molecular flexibility index (Phi) is 8.40. The van der Waals surface area contributed by atoms with Gasteiger partial charge in [0, 0.05) is 39.2 Å². The molecule has 2 heterocycles. The van der Waals surface area contributed by atoms with Crippen LogP contribution in [0.3, 0.4) is 0 Å². The summed E-state index contributed by atoms with van der Waals surface area (Å²) < 4.78 is 70.3. The summed E-state index contributed by atoms with van der Waals surface area (Å²) in [6, 6.07) is 10.2. The Bertz CT molecular complexity index is 2720. The number of nitrogens with zero attached hydrogens (tertiary/aromatic N) is 3. The van der Waals surface area contributed by atoms with Gasteiger partial charge in [0.25, 0.3) is 25.8 Å². The second kappa shape index (κ2) is 12.6. The van der Waals surface area contributed by atoms with Gasteiger partial charge < -0.3 is 15.6 Å². The molecule has 3 aliphatic carbocycles. The van der Waals surface area contributed by atoms with E-state index in [0.717, 1.165) is 12.1 Å². The topological polar surface area (TPSA) is 238 Å². The van der Waals surface area contributed by atoms with Crippen molar-refractivity contribution in [3.05, 3.63) is 116 Å². The standard InChI is InChI=1S/C35H30N6O9S2/c1-16-29(39-20-9-7-10-21(15-20)40-35-37-17(2)36-18(3)38-35)27-26-25(23-12-4-5-13-24(23)32(27)43)28(34(44)41-30(26)33(16)52(48,49)50)31(42)19-8-6-11-22(14-19)51(45,46)47/h4-12,14-16,24,29,39H,13H2,1-3H3,(H,41,44)(H,45,46,47)(H,48,49,50)(H,36,37,38,40). The zero-order valence-electron chi connectivity index (χ0n) is 27.7. The molecule has 0 saturated carbocycles. The molecule has 52 heavy (non-hydrogen) atoms. The second-order valence-corrected chi connectivity index (χ2v) is 15.4. The van der Waals surface area contributed by atoms with E-state index in [1.165, 1.54) is 19.1 Å². The van der Waals surface area contributed by atoms with Crippen LogP contribution in [0.5, 0.6) is 0 Å². The van der Waals surface area contributed by atoms with Gasteiger partial charge in [0.2, 0.25) is 5.95 Å². The number of hydrogen-bond donors (Lipinski definition) is 5. The average Bonchev–Trinajstić information content (AvgIpc) is 3.06. The highest BCUT2D eigenvalue weighted by Crippen LogP contribution is 2.40. The number of Topliss-reactive ketones (excluding diaryl/α,β-unsaturated/α-hetero) is 1. The summed E-state index contributed by atoms with van der Waals surface area (Å²) in [5.41, 5.74) is -0.416. The predicted octanol–water partition coefficient (Wildman–Crippen LogP) is 2.22. The molecular formula is C35H30N6O9S2. The van der Waals surface area contributed by atoms with Gasteiger partial charge in [-0.25, -0.2) is 4.98 Å². The van der Waals surface area contributed by atoms with Crippen molar-refractivity contribution in [3.8, 4) is 0 Å². The van der Waals surface area contributed by atoms with Crippen molar-refractivity contribution in [2.45, 2.75) is 38.1 Å². The molecule has 3 unspecified atom stereocenters. The van der Waals surface area contributed by atoms with E-state index in [1.807, 2.05) is 0 Å². The molecule has 0 saturated heterocycles. The third-order valence-corrected chi connectivity index (χ3v) is 11.2.